The maximum absolute atomic E-state index is 10.8. The minimum atomic E-state index is -0.166. The summed E-state index contributed by atoms with van der Waals surface area (Å²) in [6, 6.07) is 0. The molecule has 0 saturated heterocycles. The summed E-state index contributed by atoms with van der Waals surface area (Å²) in [6.45, 7) is 2.23. The molecule has 108 valence electrons. The first-order valence-electron chi connectivity index (χ1n) is 7.00. The Morgan fingerprint density at radius 3 is 2.74 bits per heavy atom. The van der Waals surface area contributed by atoms with Crippen molar-refractivity contribution in [3.63, 3.8) is 0 Å². The summed E-state index contributed by atoms with van der Waals surface area (Å²) in [5, 5.41) is 0. The first-order valence-corrected chi connectivity index (χ1v) is 8.15. The highest BCUT2D eigenvalue weighted by Crippen LogP contribution is 2.03. The molecule has 0 atom stereocenters. The molecule has 0 aromatic heterocycles. The summed E-state index contributed by atoms with van der Waals surface area (Å²) < 4.78 is 4.55. The molecule has 3 heteroatoms. The number of hydrogen-bond acceptors (Lipinski definition) is 3. The molecule has 0 rings (SSSR count). The standard InChI is InChI=1S/C16H26O2S/c1-3-4-5-6-8-11-14-19-15-12-9-7-10-13-16(17)18-2/h7-8,11-12H,3-6,10,13-15H2,1-2H3/b11-8-. The minimum Gasteiger partial charge on any atom is -0.469 e. The zero-order chi connectivity index (χ0) is 14.2. The molecule has 0 spiro atoms. The molecule has 0 heterocycles. The minimum absolute atomic E-state index is 0.166. The monoisotopic (exact) mass is 282 g/mol. The Balaban J connectivity index is 3.37. The molecule has 0 aliphatic heterocycles. The van der Waals surface area contributed by atoms with E-state index in [0.717, 1.165) is 11.5 Å². The molecule has 0 N–H and O–H groups in total. The highest BCUT2D eigenvalue weighted by Gasteiger charge is 1.94. The van der Waals surface area contributed by atoms with Gasteiger partial charge in [0.2, 0.25) is 0 Å². The second kappa shape index (κ2) is 15.1. The van der Waals surface area contributed by atoms with Gasteiger partial charge in [-0.25, -0.2) is 0 Å². The molecule has 0 aliphatic rings. The number of thioether (sulfide) groups is 1. The van der Waals surface area contributed by atoms with E-state index in [1.807, 2.05) is 23.9 Å². The summed E-state index contributed by atoms with van der Waals surface area (Å²) in [6.07, 6.45) is 14.7. The third-order valence-corrected chi connectivity index (χ3v) is 3.34. The zero-order valence-electron chi connectivity index (χ0n) is 12.2. The molecule has 0 aromatic carbocycles. The van der Waals surface area contributed by atoms with Crippen molar-refractivity contribution in [3.05, 3.63) is 30.0 Å². The lowest BCUT2D eigenvalue weighted by Gasteiger charge is -1.93. The number of esters is 1. The van der Waals surface area contributed by atoms with Crippen LogP contribution < -0.4 is 0 Å². The maximum Gasteiger partial charge on any atom is 0.305 e. The van der Waals surface area contributed by atoms with Crippen LogP contribution in [0.4, 0.5) is 0 Å². The number of hydrogen-bond donors (Lipinski definition) is 0. The lowest BCUT2D eigenvalue weighted by atomic mass is 10.2. The first kappa shape index (κ1) is 18.1. The lowest BCUT2D eigenvalue weighted by Crippen LogP contribution is -1.97. The van der Waals surface area contributed by atoms with Crippen LogP contribution in [-0.2, 0) is 9.53 Å². The Morgan fingerprint density at radius 2 is 2.00 bits per heavy atom. The van der Waals surface area contributed by atoms with E-state index >= 15 is 0 Å². The van der Waals surface area contributed by atoms with Gasteiger partial charge < -0.3 is 4.74 Å². The van der Waals surface area contributed by atoms with Crippen LogP contribution in [0, 0.1) is 0 Å². The number of unbranched alkanes of at least 4 members (excludes halogenated alkanes) is 3. The van der Waals surface area contributed by atoms with E-state index in [2.05, 4.69) is 29.5 Å². The molecule has 0 aliphatic carbocycles. The van der Waals surface area contributed by atoms with Crippen molar-refractivity contribution in [2.75, 3.05) is 18.6 Å². The predicted octanol–water partition coefficient (Wildman–Crippen LogP) is 4.52. The Hall–Kier alpha value is -0.920. The lowest BCUT2D eigenvalue weighted by molar-refractivity contribution is -0.140. The van der Waals surface area contributed by atoms with Crippen molar-refractivity contribution in [3.8, 4) is 0 Å². The molecule has 0 radical (unpaired) electrons. The number of allylic oxidation sites excluding steroid dienone is 1. The van der Waals surface area contributed by atoms with Crippen molar-refractivity contribution in [2.45, 2.75) is 45.4 Å². The fourth-order valence-electron chi connectivity index (χ4n) is 1.40. The highest BCUT2D eigenvalue weighted by molar-refractivity contribution is 7.99. The molecule has 0 unspecified atom stereocenters. The third kappa shape index (κ3) is 15.0. The Bertz CT molecular complexity index is 302. The summed E-state index contributed by atoms with van der Waals surface area (Å²) in [5.41, 5.74) is 3.08. The van der Waals surface area contributed by atoms with E-state index in [1.54, 1.807) is 0 Å². The van der Waals surface area contributed by atoms with Gasteiger partial charge in [0.1, 0.15) is 0 Å². The van der Waals surface area contributed by atoms with E-state index in [0.29, 0.717) is 12.8 Å². The average molecular weight is 282 g/mol. The molecular formula is C16H26O2S. The van der Waals surface area contributed by atoms with Crippen LogP contribution in [0.3, 0.4) is 0 Å². The van der Waals surface area contributed by atoms with E-state index in [4.69, 9.17) is 0 Å². The molecule has 0 amide bonds. The SMILES string of the molecule is CCCCC/C=C\CSCC=C=CCCC(=O)OC. The van der Waals surface area contributed by atoms with E-state index < -0.39 is 0 Å². The smallest absolute Gasteiger partial charge is 0.305 e. The van der Waals surface area contributed by atoms with Crippen LogP contribution in [0.2, 0.25) is 0 Å². The van der Waals surface area contributed by atoms with Crippen LogP contribution in [0.25, 0.3) is 0 Å². The molecular weight excluding hydrogens is 256 g/mol. The summed E-state index contributed by atoms with van der Waals surface area (Å²) in [4.78, 5) is 10.8. The van der Waals surface area contributed by atoms with Crippen molar-refractivity contribution in [1.82, 2.24) is 0 Å². The summed E-state index contributed by atoms with van der Waals surface area (Å²) >= 11 is 1.87. The number of methoxy groups -OCH3 is 1. The van der Waals surface area contributed by atoms with E-state index in [1.165, 1.54) is 32.8 Å². The van der Waals surface area contributed by atoms with Gasteiger partial charge in [-0.15, -0.1) is 5.73 Å². The number of rotatable bonds is 11. The van der Waals surface area contributed by atoms with Gasteiger partial charge in [0.05, 0.1) is 7.11 Å². The Labute approximate surface area is 122 Å². The number of ether oxygens (including phenoxy) is 1. The van der Waals surface area contributed by atoms with Crippen molar-refractivity contribution in [1.29, 1.82) is 0 Å². The largest absolute Gasteiger partial charge is 0.469 e. The molecule has 0 fully saturated rings. The molecule has 2 nitrogen and oxygen atoms in total. The molecule has 19 heavy (non-hydrogen) atoms. The van der Waals surface area contributed by atoms with Gasteiger partial charge in [-0.3, -0.25) is 4.79 Å². The molecule has 0 saturated carbocycles. The van der Waals surface area contributed by atoms with Crippen molar-refractivity contribution < 1.29 is 9.53 Å². The van der Waals surface area contributed by atoms with Gasteiger partial charge in [-0.2, -0.15) is 11.8 Å². The Kier molecular flexibility index (Phi) is 14.4. The number of carbonyl (C=O) groups is 1. The summed E-state index contributed by atoms with van der Waals surface area (Å²) in [7, 11) is 1.41. The fraction of sp³-hybridized carbons (Fsp3) is 0.625. The average Bonchev–Trinajstić information content (AvgIpc) is 2.43. The van der Waals surface area contributed by atoms with Gasteiger partial charge in [0, 0.05) is 17.9 Å². The van der Waals surface area contributed by atoms with Crippen LogP contribution >= 0.6 is 11.8 Å². The van der Waals surface area contributed by atoms with Crippen LogP contribution in [0.1, 0.15) is 45.4 Å². The zero-order valence-corrected chi connectivity index (χ0v) is 13.0. The second-order valence-electron chi connectivity index (χ2n) is 4.19. The van der Waals surface area contributed by atoms with E-state index in [9.17, 15) is 4.79 Å². The van der Waals surface area contributed by atoms with Crippen molar-refractivity contribution in [2.24, 2.45) is 0 Å². The predicted molar refractivity (Wildman–Crippen MR) is 84.5 cm³/mol. The van der Waals surface area contributed by atoms with E-state index in [-0.39, 0.29) is 5.97 Å². The fourth-order valence-corrected chi connectivity index (χ4v) is 2.02. The van der Waals surface area contributed by atoms with Gasteiger partial charge in [0.25, 0.3) is 0 Å². The second-order valence-corrected chi connectivity index (χ2v) is 5.27. The summed E-state index contributed by atoms with van der Waals surface area (Å²) in [5.74, 6) is 1.86. The highest BCUT2D eigenvalue weighted by atomic mass is 32.2. The maximum atomic E-state index is 10.8. The normalized spacial score (nSPS) is 10.2. The topological polar surface area (TPSA) is 26.3 Å². The van der Waals surface area contributed by atoms with Crippen LogP contribution in [-0.4, -0.2) is 24.6 Å². The quantitative estimate of drug-likeness (QED) is 0.241. The Morgan fingerprint density at radius 1 is 1.16 bits per heavy atom. The van der Waals surface area contributed by atoms with Gasteiger partial charge in [-0.05, 0) is 31.4 Å². The van der Waals surface area contributed by atoms with Crippen LogP contribution in [0.5, 0.6) is 0 Å². The van der Waals surface area contributed by atoms with Gasteiger partial charge >= 0.3 is 5.97 Å². The molecule has 0 bridgehead atoms. The molecule has 0 aromatic rings. The van der Waals surface area contributed by atoms with Gasteiger partial charge in [0.15, 0.2) is 0 Å². The first-order chi connectivity index (χ1) is 9.31. The van der Waals surface area contributed by atoms with Gasteiger partial charge in [-0.1, -0.05) is 31.9 Å². The number of carbonyl (C=O) groups excluding carboxylic acids is 1. The van der Waals surface area contributed by atoms with Crippen LogP contribution in [0.15, 0.2) is 30.0 Å². The third-order valence-electron chi connectivity index (χ3n) is 2.51. The van der Waals surface area contributed by atoms with Crippen molar-refractivity contribution >= 4 is 17.7 Å².